The number of nitrogens with one attached hydrogen (secondary N) is 1. The van der Waals surface area contributed by atoms with Crippen LogP contribution in [0.25, 0.3) is 0 Å². The number of nitrogens with zero attached hydrogens (tertiary/aromatic N) is 1. The van der Waals surface area contributed by atoms with E-state index in [1.165, 1.54) is 0 Å². The quantitative estimate of drug-likeness (QED) is 0.569. The van der Waals surface area contributed by atoms with Gasteiger partial charge in [-0.15, -0.1) is 0 Å². The normalized spacial score (nSPS) is 14.5. The number of hydrogen-bond donors (Lipinski definition) is 2. The molecule has 0 spiro atoms. The summed E-state index contributed by atoms with van der Waals surface area (Å²) in [4.78, 5) is 9.97. The Balaban J connectivity index is 2.42. The second-order valence-electron chi connectivity index (χ2n) is 3.16. The van der Waals surface area contributed by atoms with Crippen LogP contribution in [0.15, 0.2) is 29.8 Å². The maximum atomic E-state index is 10.6. The van der Waals surface area contributed by atoms with Gasteiger partial charge < -0.3 is 10.4 Å². The van der Waals surface area contributed by atoms with Gasteiger partial charge in [0, 0.05) is 10.7 Å². The van der Waals surface area contributed by atoms with Gasteiger partial charge >= 0.3 is 5.70 Å². The van der Waals surface area contributed by atoms with Gasteiger partial charge in [-0.25, -0.2) is 0 Å². The minimum atomic E-state index is -0.597. The fraction of sp³-hybridized carbons (Fsp3) is 0.111. The fourth-order valence-electron chi connectivity index (χ4n) is 1.43. The van der Waals surface area contributed by atoms with E-state index in [0.717, 1.165) is 5.56 Å². The Kier molecular flexibility index (Phi) is 2.24. The molecule has 6 heteroatoms. The van der Waals surface area contributed by atoms with Crippen LogP contribution < -0.4 is 5.32 Å². The molecule has 0 fully saturated rings. The number of allylic oxidation sites excluding steroid dienone is 1. The summed E-state index contributed by atoms with van der Waals surface area (Å²) in [5.41, 5.74) is 1.11. The van der Waals surface area contributed by atoms with Gasteiger partial charge in [-0.1, -0.05) is 17.7 Å². The number of benzene rings is 1. The molecule has 0 amide bonds. The summed E-state index contributed by atoms with van der Waals surface area (Å²) in [5, 5.41) is 23.0. The summed E-state index contributed by atoms with van der Waals surface area (Å²) < 4.78 is 0. The molecule has 1 aliphatic rings. The molecular weight excluding hydrogens is 220 g/mol. The highest BCUT2D eigenvalue weighted by atomic mass is 35.5. The zero-order valence-corrected chi connectivity index (χ0v) is 8.28. The third-order valence-corrected chi connectivity index (χ3v) is 2.41. The lowest BCUT2D eigenvalue weighted by atomic mass is 10.0. The largest absolute Gasteiger partial charge is 0.490 e. The van der Waals surface area contributed by atoms with E-state index >= 15 is 0 Å². The summed E-state index contributed by atoms with van der Waals surface area (Å²) >= 11 is 5.75. The smallest absolute Gasteiger partial charge is 0.309 e. The number of halogens is 1. The van der Waals surface area contributed by atoms with Crippen LogP contribution in [0.3, 0.4) is 0 Å². The van der Waals surface area contributed by atoms with Crippen molar-refractivity contribution in [2.75, 3.05) is 5.32 Å². The number of fused-ring (bicyclic) bond motifs is 1. The lowest BCUT2D eigenvalue weighted by Gasteiger charge is -2.16. The second kappa shape index (κ2) is 3.43. The molecule has 0 aliphatic carbocycles. The molecule has 0 radical (unpaired) electrons. The van der Waals surface area contributed by atoms with Crippen LogP contribution in [0, 0.1) is 10.1 Å². The molecule has 1 aromatic rings. The highest BCUT2D eigenvalue weighted by molar-refractivity contribution is 6.30. The number of rotatable bonds is 1. The van der Waals surface area contributed by atoms with E-state index in [0.29, 0.717) is 10.7 Å². The molecule has 2 N–H and O–H groups in total. The minimum Gasteiger partial charge on any atom is -0.490 e. The van der Waals surface area contributed by atoms with E-state index in [-0.39, 0.29) is 12.1 Å². The summed E-state index contributed by atoms with van der Waals surface area (Å²) in [7, 11) is 0. The molecule has 0 aromatic heterocycles. The second-order valence-corrected chi connectivity index (χ2v) is 3.59. The Morgan fingerprint density at radius 3 is 2.93 bits per heavy atom. The Hall–Kier alpha value is -1.75. The third-order valence-electron chi connectivity index (χ3n) is 2.18. The highest BCUT2D eigenvalue weighted by Crippen LogP contribution is 2.29. The van der Waals surface area contributed by atoms with Crippen LogP contribution in [-0.2, 0) is 6.42 Å². The van der Waals surface area contributed by atoms with Crippen LogP contribution in [-0.4, -0.2) is 10.0 Å². The van der Waals surface area contributed by atoms with Gasteiger partial charge in [0.2, 0.25) is 0 Å². The van der Waals surface area contributed by atoms with Crippen molar-refractivity contribution in [3.05, 3.63) is 50.5 Å². The summed E-state index contributed by atoms with van der Waals surface area (Å²) in [6.45, 7) is 0. The third kappa shape index (κ3) is 1.73. The molecule has 15 heavy (non-hydrogen) atoms. The molecule has 1 heterocycles. The van der Waals surface area contributed by atoms with Gasteiger partial charge in [0.1, 0.15) is 0 Å². The SMILES string of the molecule is O=[N+]([O-])C1=C(O)Nc2cc(Cl)ccc2C1. The van der Waals surface area contributed by atoms with Crippen molar-refractivity contribution in [3.8, 4) is 0 Å². The first-order valence-electron chi connectivity index (χ1n) is 4.20. The average Bonchev–Trinajstić information content (AvgIpc) is 2.15. The molecule has 78 valence electrons. The zero-order chi connectivity index (χ0) is 11.0. The predicted octanol–water partition coefficient (Wildman–Crippen LogP) is 2.31. The van der Waals surface area contributed by atoms with Crippen LogP contribution in [0.5, 0.6) is 0 Å². The van der Waals surface area contributed by atoms with E-state index in [1.54, 1.807) is 18.2 Å². The minimum absolute atomic E-state index is 0.0956. The zero-order valence-electron chi connectivity index (χ0n) is 7.53. The van der Waals surface area contributed by atoms with Gasteiger partial charge in [0.15, 0.2) is 0 Å². The first-order chi connectivity index (χ1) is 7.08. The van der Waals surface area contributed by atoms with Crippen molar-refractivity contribution < 1.29 is 10.0 Å². The van der Waals surface area contributed by atoms with Gasteiger partial charge in [-0.2, -0.15) is 0 Å². The van der Waals surface area contributed by atoms with Crippen LogP contribution in [0.1, 0.15) is 5.56 Å². The first-order valence-corrected chi connectivity index (χ1v) is 4.57. The van der Waals surface area contributed by atoms with Crippen molar-refractivity contribution in [2.45, 2.75) is 6.42 Å². The van der Waals surface area contributed by atoms with E-state index in [1.807, 2.05) is 0 Å². The fourth-order valence-corrected chi connectivity index (χ4v) is 1.61. The molecule has 1 aliphatic heterocycles. The van der Waals surface area contributed by atoms with Crippen molar-refractivity contribution >= 4 is 17.3 Å². The average molecular weight is 227 g/mol. The Morgan fingerprint density at radius 2 is 2.27 bits per heavy atom. The number of hydrogen-bond acceptors (Lipinski definition) is 4. The molecule has 0 saturated heterocycles. The lowest BCUT2D eigenvalue weighted by molar-refractivity contribution is -0.430. The molecule has 5 nitrogen and oxygen atoms in total. The lowest BCUT2D eigenvalue weighted by Crippen LogP contribution is -2.17. The standard InChI is InChI=1S/C9H7ClN2O3/c10-6-2-1-5-3-8(12(14)15)9(13)11-7(5)4-6/h1-2,4,11,13H,3H2. The van der Waals surface area contributed by atoms with Crippen molar-refractivity contribution in [1.29, 1.82) is 0 Å². The monoisotopic (exact) mass is 226 g/mol. The molecule has 0 bridgehead atoms. The number of nitro groups is 1. The van der Waals surface area contributed by atoms with Crippen LogP contribution >= 0.6 is 11.6 Å². The van der Waals surface area contributed by atoms with Gasteiger partial charge in [0.05, 0.1) is 11.3 Å². The van der Waals surface area contributed by atoms with Crippen molar-refractivity contribution in [2.24, 2.45) is 0 Å². The molecule has 0 saturated carbocycles. The maximum absolute atomic E-state index is 10.6. The van der Waals surface area contributed by atoms with Crippen molar-refractivity contribution in [1.82, 2.24) is 0 Å². The van der Waals surface area contributed by atoms with Crippen molar-refractivity contribution in [3.63, 3.8) is 0 Å². The summed E-state index contributed by atoms with van der Waals surface area (Å²) in [6.07, 6.45) is 0.0956. The van der Waals surface area contributed by atoms with E-state index in [9.17, 15) is 15.2 Å². The Bertz CT molecular complexity index is 470. The molecule has 0 unspecified atom stereocenters. The Morgan fingerprint density at radius 1 is 1.53 bits per heavy atom. The first kappa shape index (κ1) is 9.79. The maximum Gasteiger partial charge on any atom is 0.309 e. The van der Waals surface area contributed by atoms with E-state index in [4.69, 9.17) is 11.6 Å². The van der Waals surface area contributed by atoms with Crippen LogP contribution in [0.2, 0.25) is 5.02 Å². The van der Waals surface area contributed by atoms with Crippen LogP contribution in [0.4, 0.5) is 5.69 Å². The number of anilines is 1. The molecule has 2 rings (SSSR count). The highest BCUT2D eigenvalue weighted by Gasteiger charge is 2.25. The number of aliphatic hydroxyl groups excluding tert-OH is 1. The molecule has 0 atom stereocenters. The van der Waals surface area contributed by atoms with E-state index in [2.05, 4.69) is 5.32 Å². The van der Waals surface area contributed by atoms with Gasteiger partial charge in [-0.3, -0.25) is 10.1 Å². The Labute approximate surface area is 90.1 Å². The van der Waals surface area contributed by atoms with Gasteiger partial charge in [0.25, 0.3) is 5.88 Å². The summed E-state index contributed by atoms with van der Waals surface area (Å²) in [6, 6.07) is 4.96. The topological polar surface area (TPSA) is 75.4 Å². The summed E-state index contributed by atoms with van der Waals surface area (Å²) in [5.74, 6) is -0.422. The van der Waals surface area contributed by atoms with Gasteiger partial charge in [-0.05, 0) is 17.7 Å². The molecular formula is C9H7ClN2O3. The number of aliphatic hydroxyl groups is 1. The molecule has 1 aromatic carbocycles. The predicted molar refractivity (Wildman–Crippen MR) is 55.4 cm³/mol. The van der Waals surface area contributed by atoms with E-state index < -0.39 is 10.8 Å².